The van der Waals surface area contributed by atoms with Gasteiger partial charge >= 0.3 is 0 Å². The Hall–Kier alpha value is -0.850. The number of aliphatic hydroxyl groups is 1. The van der Waals surface area contributed by atoms with E-state index >= 15 is 0 Å². The molecule has 0 unspecified atom stereocenters. The SMILES string of the molecule is Cn1ccc(S(=O)(=O)N2CCC[C@@H]2CO)c1. The molecule has 1 aliphatic heterocycles. The number of aryl methyl sites for hydroxylation is 1. The first-order chi connectivity index (χ1) is 7.55. The van der Waals surface area contributed by atoms with Crippen molar-refractivity contribution >= 4 is 10.0 Å². The van der Waals surface area contributed by atoms with Crippen molar-refractivity contribution in [3.05, 3.63) is 18.5 Å². The molecule has 1 aliphatic rings. The minimum atomic E-state index is -3.43. The van der Waals surface area contributed by atoms with Gasteiger partial charge in [0.05, 0.1) is 11.5 Å². The molecule has 0 saturated carbocycles. The molecule has 0 aromatic carbocycles. The molecule has 1 aromatic rings. The zero-order chi connectivity index (χ0) is 11.8. The van der Waals surface area contributed by atoms with Crippen LogP contribution in [0.3, 0.4) is 0 Å². The van der Waals surface area contributed by atoms with Gasteiger partial charge in [-0.15, -0.1) is 0 Å². The molecule has 6 heteroatoms. The summed E-state index contributed by atoms with van der Waals surface area (Å²) in [5.74, 6) is 0. The third kappa shape index (κ3) is 1.88. The zero-order valence-corrected chi connectivity index (χ0v) is 10.0. The van der Waals surface area contributed by atoms with Crippen molar-refractivity contribution in [3.8, 4) is 0 Å². The lowest BCUT2D eigenvalue weighted by molar-refractivity contribution is 0.213. The molecule has 90 valence electrons. The highest BCUT2D eigenvalue weighted by Gasteiger charge is 2.34. The van der Waals surface area contributed by atoms with Crippen LogP contribution >= 0.6 is 0 Å². The van der Waals surface area contributed by atoms with Crippen LogP contribution in [0.5, 0.6) is 0 Å². The first-order valence-electron chi connectivity index (χ1n) is 5.30. The van der Waals surface area contributed by atoms with E-state index in [1.807, 2.05) is 0 Å². The number of sulfonamides is 1. The second kappa shape index (κ2) is 4.20. The Bertz CT molecular complexity index is 466. The van der Waals surface area contributed by atoms with Crippen LogP contribution in [0.1, 0.15) is 12.8 Å². The van der Waals surface area contributed by atoms with Crippen LogP contribution in [-0.4, -0.2) is 41.6 Å². The number of aromatic nitrogens is 1. The fourth-order valence-electron chi connectivity index (χ4n) is 2.07. The minimum absolute atomic E-state index is 0.105. The van der Waals surface area contributed by atoms with E-state index in [1.54, 1.807) is 30.1 Å². The van der Waals surface area contributed by atoms with Crippen molar-refractivity contribution in [2.45, 2.75) is 23.8 Å². The van der Waals surface area contributed by atoms with E-state index in [9.17, 15) is 8.42 Å². The topological polar surface area (TPSA) is 62.5 Å². The summed E-state index contributed by atoms with van der Waals surface area (Å²) in [7, 11) is -1.64. The van der Waals surface area contributed by atoms with Crippen LogP contribution in [0.4, 0.5) is 0 Å². The highest BCUT2D eigenvalue weighted by molar-refractivity contribution is 7.89. The maximum absolute atomic E-state index is 12.2. The molecule has 1 N–H and O–H groups in total. The average Bonchev–Trinajstić information content (AvgIpc) is 2.85. The highest BCUT2D eigenvalue weighted by Crippen LogP contribution is 2.25. The normalized spacial score (nSPS) is 22.8. The summed E-state index contributed by atoms with van der Waals surface area (Å²) < 4.78 is 27.5. The van der Waals surface area contributed by atoms with Gasteiger partial charge in [-0.05, 0) is 18.9 Å². The molecule has 0 amide bonds. The van der Waals surface area contributed by atoms with E-state index in [4.69, 9.17) is 5.11 Å². The summed E-state index contributed by atoms with van der Waals surface area (Å²) in [5, 5.41) is 9.14. The minimum Gasteiger partial charge on any atom is -0.395 e. The summed E-state index contributed by atoms with van der Waals surface area (Å²) in [5.41, 5.74) is 0. The van der Waals surface area contributed by atoms with Gasteiger partial charge in [0.25, 0.3) is 0 Å². The highest BCUT2D eigenvalue weighted by atomic mass is 32.2. The van der Waals surface area contributed by atoms with Crippen LogP contribution in [0.15, 0.2) is 23.4 Å². The van der Waals surface area contributed by atoms with Gasteiger partial charge in [0, 0.05) is 32.0 Å². The molecule has 2 rings (SSSR count). The smallest absolute Gasteiger partial charge is 0.244 e. The molecule has 1 saturated heterocycles. The molecular weight excluding hydrogens is 228 g/mol. The number of nitrogens with zero attached hydrogens (tertiary/aromatic N) is 2. The van der Waals surface area contributed by atoms with Crippen molar-refractivity contribution in [1.82, 2.24) is 8.87 Å². The van der Waals surface area contributed by atoms with Crippen molar-refractivity contribution in [1.29, 1.82) is 0 Å². The molecule has 0 aliphatic carbocycles. The molecule has 1 aromatic heterocycles. The summed E-state index contributed by atoms with van der Waals surface area (Å²) in [6.07, 6.45) is 4.85. The van der Waals surface area contributed by atoms with Crippen molar-refractivity contribution in [2.75, 3.05) is 13.2 Å². The van der Waals surface area contributed by atoms with Crippen molar-refractivity contribution in [3.63, 3.8) is 0 Å². The van der Waals surface area contributed by atoms with E-state index in [1.165, 1.54) is 4.31 Å². The Kier molecular flexibility index (Phi) is 3.05. The Balaban J connectivity index is 2.32. The van der Waals surface area contributed by atoms with Crippen LogP contribution in [0.25, 0.3) is 0 Å². The third-order valence-corrected chi connectivity index (χ3v) is 4.88. The molecule has 0 spiro atoms. The first kappa shape index (κ1) is 11.6. The first-order valence-corrected chi connectivity index (χ1v) is 6.74. The molecule has 5 nitrogen and oxygen atoms in total. The maximum atomic E-state index is 12.2. The third-order valence-electron chi connectivity index (χ3n) is 2.95. The van der Waals surface area contributed by atoms with Crippen molar-refractivity contribution < 1.29 is 13.5 Å². The molecule has 1 atom stereocenters. The van der Waals surface area contributed by atoms with Crippen molar-refractivity contribution in [2.24, 2.45) is 7.05 Å². The largest absolute Gasteiger partial charge is 0.395 e. The van der Waals surface area contributed by atoms with E-state index in [0.29, 0.717) is 11.4 Å². The second-order valence-corrected chi connectivity index (χ2v) is 6.00. The maximum Gasteiger partial charge on any atom is 0.244 e. The van der Waals surface area contributed by atoms with Crippen LogP contribution < -0.4 is 0 Å². The predicted molar refractivity (Wildman–Crippen MR) is 59.4 cm³/mol. The van der Waals surface area contributed by atoms with E-state index < -0.39 is 10.0 Å². The lowest BCUT2D eigenvalue weighted by Gasteiger charge is -2.21. The molecule has 2 heterocycles. The fraction of sp³-hybridized carbons (Fsp3) is 0.600. The number of rotatable bonds is 3. The fourth-order valence-corrected chi connectivity index (χ4v) is 3.81. The summed E-state index contributed by atoms with van der Waals surface area (Å²) in [6, 6.07) is 1.33. The Labute approximate surface area is 95.3 Å². The quantitative estimate of drug-likeness (QED) is 0.824. The molecular formula is C10H16N2O3S. The number of hydrogen-bond acceptors (Lipinski definition) is 3. The van der Waals surface area contributed by atoms with Crippen LogP contribution in [0, 0.1) is 0 Å². The molecule has 1 fully saturated rings. The Morgan fingerprint density at radius 3 is 2.88 bits per heavy atom. The van der Waals surface area contributed by atoms with E-state index in [-0.39, 0.29) is 12.6 Å². The lowest BCUT2D eigenvalue weighted by Crippen LogP contribution is -2.37. The summed E-state index contributed by atoms with van der Waals surface area (Å²) in [6.45, 7) is 0.397. The van der Waals surface area contributed by atoms with Crippen LogP contribution in [0.2, 0.25) is 0 Å². The Morgan fingerprint density at radius 2 is 2.31 bits per heavy atom. The van der Waals surface area contributed by atoms with Gasteiger partial charge in [-0.2, -0.15) is 4.31 Å². The van der Waals surface area contributed by atoms with Gasteiger partial charge in [0.2, 0.25) is 10.0 Å². The van der Waals surface area contributed by atoms with Crippen LogP contribution in [-0.2, 0) is 17.1 Å². The zero-order valence-electron chi connectivity index (χ0n) is 9.20. The van der Waals surface area contributed by atoms with Gasteiger partial charge in [0.1, 0.15) is 0 Å². The van der Waals surface area contributed by atoms with Gasteiger partial charge in [-0.1, -0.05) is 0 Å². The standard InChI is InChI=1S/C10H16N2O3S/c1-11-6-4-10(7-11)16(14,15)12-5-2-3-9(12)8-13/h4,6-7,9,13H,2-3,5,8H2,1H3/t9-/m1/s1. The van der Waals surface area contributed by atoms with E-state index in [2.05, 4.69) is 0 Å². The molecule has 0 radical (unpaired) electrons. The predicted octanol–water partition coefficient (Wildman–Crippen LogP) is 0.171. The van der Waals surface area contributed by atoms with Gasteiger partial charge in [-0.3, -0.25) is 0 Å². The van der Waals surface area contributed by atoms with E-state index in [0.717, 1.165) is 12.8 Å². The summed E-state index contributed by atoms with van der Waals surface area (Å²) >= 11 is 0. The van der Waals surface area contributed by atoms with Gasteiger partial charge in [-0.25, -0.2) is 8.42 Å². The lowest BCUT2D eigenvalue weighted by atomic mass is 10.2. The summed E-state index contributed by atoms with van der Waals surface area (Å²) in [4.78, 5) is 0.301. The Morgan fingerprint density at radius 1 is 1.56 bits per heavy atom. The molecule has 16 heavy (non-hydrogen) atoms. The second-order valence-electron chi connectivity index (χ2n) is 4.11. The monoisotopic (exact) mass is 244 g/mol. The molecule has 0 bridgehead atoms. The number of hydrogen-bond donors (Lipinski definition) is 1. The average molecular weight is 244 g/mol. The number of aliphatic hydroxyl groups excluding tert-OH is 1. The van der Waals surface area contributed by atoms with Gasteiger partial charge in [0.15, 0.2) is 0 Å². The van der Waals surface area contributed by atoms with Gasteiger partial charge < -0.3 is 9.67 Å².